The van der Waals surface area contributed by atoms with Crippen LogP contribution < -0.4 is 5.32 Å². The summed E-state index contributed by atoms with van der Waals surface area (Å²) in [4.78, 5) is 13.4. The number of rotatable bonds is 3. The van der Waals surface area contributed by atoms with Crippen LogP contribution in [0.5, 0.6) is 0 Å². The number of hydrogen-bond acceptors (Lipinski definition) is 3. The van der Waals surface area contributed by atoms with Gasteiger partial charge >= 0.3 is 0 Å². The van der Waals surface area contributed by atoms with Crippen molar-refractivity contribution in [3.63, 3.8) is 0 Å². The van der Waals surface area contributed by atoms with Crippen LogP contribution in [-0.4, -0.2) is 55.6 Å². The molecule has 2 saturated heterocycles. The van der Waals surface area contributed by atoms with E-state index >= 15 is 0 Å². The molecule has 2 heterocycles. The van der Waals surface area contributed by atoms with Crippen molar-refractivity contribution in [2.24, 2.45) is 0 Å². The van der Waals surface area contributed by atoms with E-state index in [2.05, 4.69) is 5.32 Å². The molecule has 0 spiro atoms. The van der Waals surface area contributed by atoms with E-state index in [1.807, 2.05) is 0 Å². The third kappa shape index (κ3) is 2.74. The van der Waals surface area contributed by atoms with Crippen LogP contribution in [0.2, 0.25) is 0 Å². The van der Waals surface area contributed by atoms with Crippen LogP contribution in [0.3, 0.4) is 0 Å². The highest BCUT2D eigenvalue weighted by molar-refractivity contribution is 5.83. The Kier molecular flexibility index (Phi) is 3.63. The number of amides is 1. The quantitative estimate of drug-likeness (QED) is 0.796. The van der Waals surface area contributed by atoms with Gasteiger partial charge in [0.2, 0.25) is 5.91 Å². The second-order valence-electron chi connectivity index (χ2n) is 4.78. The van der Waals surface area contributed by atoms with Crippen LogP contribution in [0.4, 0.5) is 8.78 Å². The van der Waals surface area contributed by atoms with Crippen molar-refractivity contribution >= 4 is 5.91 Å². The zero-order valence-electron chi connectivity index (χ0n) is 9.92. The van der Waals surface area contributed by atoms with E-state index in [1.54, 1.807) is 0 Å². The summed E-state index contributed by atoms with van der Waals surface area (Å²) in [6.07, 6.45) is 1.37. The smallest absolute Gasteiger partial charge is 0.267 e. The highest BCUT2D eigenvalue weighted by Crippen LogP contribution is 2.33. The summed E-state index contributed by atoms with van der Waals surface area (Å²) < 4.78 is 31.6. The van der Waals surface area contributed by atoms with E-state index < -0.39 is 18.5 Å². The minimum atomic E-state index is -2.78. The van der Waals surface area contributed by atoms with Gasteiger partial charge in [0, 0.05) is 13.5 Å². The summed E-state index contributed by atoms with van der Waals surface area (Å²) in [5, 5.41) is 3.05. The molecular formula is C11H18F2N2O2. The summed E-state index contributed by atoms with van der Waals surface area (Å²) in [6, 6.07) is -0.784. The van der Waals surface area contributed by atoms with Crippen LogP contribution in [0, 0.1) is 0 Å². The van der Waals surface area contributed by atoms with Gasteiger partial charge in [-0.2, -0.15) is 0 Å². The van der Waals surface area contributed by atoms with Gasteiger partial charge in [0.15, 0.2) is 0 Å². The molecule has 2 aliphatic heterocycles. The molecule has 0 saturated carbocycles. The second kappa shape index (κ2) is 4.86. The number of nitrogens with one attached hydrogen (secondary N) is 1. The molecule has 6 heteroatoms. The van der Waals surface area contributed by atoms with E-state index in [1.165, 1.54) is 12.0 Å². The second-order valence-corrected chi connectivity index (χ2v) is 4.78. The van der Waals surface area contributed by atoms with Crippen LogP contribution in [0.1, 0.15) is 19.3 Å². The topological polar surface area (TPSA) is 41.6 Å². The Morgan fingerprint density at radius 3 is 2.94 bits per heavy atom. The Morgan fingerprint density at radius 1 is 1.59 bits per heavy atom. The Bertz CT molecular complexity index is 293. The number of nitrogens with zero attached hydrogens (tertiary/aromatic N) is 1. The van der Waals surface area contributed by atoms with Crippen molar-refractivity contribution in [1.29, 1.82) is 0 Å². The molecule has 2 unspecified atom stereocenters. The number of methoxy groups -OCH3 is 1. The molecule has 0 aromatic rings. The minimum Gasteiger partial charge on any atom is -0.383 e. The van der Waals surface area contributed by atoms with Gasteiger partial charge < -0.3 is 15.0 Å². The molecule has 0 aromatic heterocycles. The van der Waals surface area contributed by atoms with Gasteiger partial charge in [-0.15, -0.1) is 0 Å². The number of carbonyl (C=O) groups excluding carboxylic acids is 1. The van der Waals surface area contributed by atoms with Crippen molar-refractivity contribution in [2.75, 3.05) is 26.8 Å². The van der Waals surface area contributed by atoms with Crippen molar-refractivity contribution < 1.29 is 18.3 Å². The van der Waals surface area contributed by atoms with E-state index in [9.17, 15) is 13.6 Å². The van der Waals surface area contributed by atoms with Crippen molar-refractivity contribution in [2.45, 2.75) is 37.3 Å². The lowest BCUT2D eigenvalue weighted by atomic mass is 10.1. The standard InChI is InChI=1S/C11H18F2N2O2/c1-17-6-8-5-11(12,13)7-15(8)10(16)9-3-2-4-14-9/h8-9,14H,2-7H2,1H3. The van der Waals surface area contributed by atoms with Crippen molar-refractivity contribution in [3.8, 4) is 0 Å². The Labute approximate surface area is 99.3 Å². The maximum atomic E-state index is 13.3. The van der Waals surface area contributed by atoms with Gasteiger partial charge in [0.05, 0.1) is 25.2 Å². The summed E-state index contributed by atoms with van der Waals surface area (Å²) in [5.74, 6) is -2.99. The predicted octanol–water partition coefficient (Wildman–Crippen LogP) is 0.621. The minimum absolute atomic E-state index is 0.175. The van der Waals surface area contributed by atoms with Gasteiger partial charge in [0.25, 0.3) is 5.92 Å². The first kappa shape index (κ1) is 12.7. The SMILES string of the molecule is COCC1CC(F)(F)CN1C(=O)C1CCCN1. The number of hydrogen-bond donors (Lipinski definition) is 1. The van der Waals surface area contributed by atoms with Gasteiger partial charge in [-0.05, 0) is 19.4 Å². The fraction of sp³-hybridized carbons (Fsp3) is 0.909. The summed E-state index contributed by atoms with van der Waals surface area (Å²) in [5.41, 5.74) is 0. The summed E-state index contributed by atoms with van der Waals surface area (Å²) in [7, 11) is 1.47. The van der Waals surface area contributed by atoms with Crippen molar-refractivity contribution in [1.82, 2.24) is 10.2 Å². The first-order chi connectivity index (χ1) is 8.03. The average Bonchev–Trinajstić information content (AvgIpc) is 2.85. The molecule has 2 fully saturated rings. The Morgan fingerprint density at radius 2 is 2.35 bits per heavy atom. The van der Waals surface area contributed by atoms with Crippen LogP contribution in [0.25, 0.3) is 0 Å². The van der Waals surface area contributed by atoms with Gasteiger partial charge in [-0.25, -0.2) is 8.78 Å². The Balaban J connectivity index is 2.03. The monoisotopic (exact) mass is 248 g/mol. The molecular weight excluding hydrogens is 230 g/mol. The van der Waals surface area contributed by atoms with Crippen molar-refractivity contribution in [3.05, 3.63) is 0 Å². The van der Waals surface area contributed by atoms with Crippen LogP contribution in [0.15, 0.2) is 0 Å². The molecule has 0 bridgehead atoms. The number of carbonyl (C=O) groups is 1. The average molecular weight is 248 g/mol. The van der Waals surface area contributed by atoms with E-state index in [0.717, 1.165) is 19.4 Å². The fourth-order valence-electron chi connectivity index (χ4n) is 2.59. The molecule has 2 aliphatic rings. The largest absolute Gasteiger partial charge is 0.383 e. The molecule has 1 N–H and O–H groups in total. The first-order valence-electron chi connectivity index (χ1n) is 5.94. The highest BCUT2D eigenvalue weighted by Gasteiger charge is 2.48. The van der Waals surface area contributed by atoms with Crippen LogP contribution >= 0.6 is 0 Å². The van der Waals surface area contributed by atoms with Crippen LogP contribution in [-0.2, 0) is 9.53 Å². The summed E-state index contributed by atoms with van der Waals surface area (Å²) >= 11 is 0. The van der Waals surface area contributed by atoms with Gasteiger partial charge in [-0.3, -0.25) is 4.79 Å². The molecule has 1 amide bonds. The Hall–Kier alpha value is -0.750. The third-order valence-corrected chi connectivity index (χ3v) is 3.38. The van der Waals surface area contributed by atoms with E-state index in [4.69, 9.17) is 4.74 Å². The van der Waals surface area contributed by atoms with Gasteiger partial charge in [-0.1, -0.05) is 0 Å². The lowest BCUT2D eigenvalue weighted by molar-refractivity contribution is -0.135. The molecule has 17 heavy (non-hydrogen) atoms. The normalized spacial score (nSPS) is 32.1. The molecule has 98 valence electrons. The predicted molar refractivity (Wildman–Crippen MR) is 58.0 cm³/mol. The molecule has 0 aliphatic carbocycles. The van der Waals surface area contributed by atoms with E-state index in [0.29, 0.717) is 0 Å². The number of ether oxygens (including phenoxy) is 1. The first-order valence-corrected chi connectivity index (χ1v) is 5.94. The lowest BCUT2D eigenvalue weighted by Gasteiger charge is -2.26. The highest BCUT2D eigenvalue weighted by atomic mass is 19.3. The van der Waals surface area contributed by atoms with E-state index in [-0.39, 0.29) is 25.0 Å². The third-order valence-electron chi connectivity index (χ3n) is 3.38. The summed E-state index contributed by atoms with van der Waals surface area (Å²) in [6.45, 7) is 0.488. The zero-order valence-corrected chi connectivity index (χ0v) is 9.92. The maximum Gasteiger partial charge on any atom is 0.267 e. The lowest BCUT2D eigenvalue weighted by Crippen LogP contribution is -2.47. The van der Waals surface area contributed by atoms with Gasteiger partial charge in [0.1, 0.15) is 0 Å². The number of alkyl halides is 2. The zero-order chi connectivity index (χ0) is 12.5. The molecule has 2 rings (SSSR count). The fourth-order valence-corrected chi connectivity index (χ4v) is 2.59. The maximum absolute atomic E-state index is 13.3. The number of halogens is 2. The molecule has 0 aromatic carbocycles. The number of likely N-dealkylation sites (tertiary alicyclic amines) is 1. The molecule has 0 radical (unpaired) electrons. The molecule has 4 nitrogen and oxygen atoms in total. The molecule has 2 atom stereocenters.